The van der Waals surface area contributed by atoms with Crippen LogP contribution in [0.15, 0.2) is 30.5 Å². The van der Waals surface area contributed by atoms with Crippen molar-refractivity contribution in [3.05, 3.63) is 40.9 Å². The maximum absolute atomic E-state index is 12.0. The van der Waals surface area contributed by atoms with E-state index in [9.17, 15) is 14.4 Å². The van der Waals surface area contributed by atoms with Gasteiger partial charge in [-0.15, -0.1) is 11.3 Å². The molecule has 108 valence electrons. The Bertz CT molecular complexity index is 711. The van der Waals surface area contributed by atoms with Crippen molar-refractivity contribution in [3.63, 3.8) is 0 Å². The van der Waals surface area contributed by atoms with Gasteiger partial charge in [-0.2, -0.15) is 0 Å². The fraction of sp³-hybridized carbons (Fsp3) is 0.0769. The summed E-state index contributed by atoms with van der Waals surface area (Å²) < 4.78 is 0. The van der Waals surface area contributed by atoms with E-state index in [1.165, 1.54) is 25.3 Å². The highest BCUT2D eigenvalue weighted by atomic mass is 32.1. The predicted octanol–water partition coefficient (Wildman–Crippen LogP) is 2.05. The van der Waals surface area contributed by atoms with E-state index in [0.29, 0.717) is 9.88 Å². The number of hydrogen-bond donors (Lipinski definition) is 3. The van der Waals surface area contributed by atoms with Gasteiger partial charge in [0.1, 0.15) is 5.82 Å². The number of aromatic nitrogens is 1. The minimum absolute atomic E-state index is 0.0328. The molecule has 0 aliphatic carbocycles. The van der Waals surface area contributed by atoms with Gasteiger partial charge in [0.25, 0.3) is 5.91 Å². The molecule has 2 heterocycles. The standard InChI is InChI=1S/C13H11N3O4S/c1-7(17)15-11-3-2-9(21-11)12(18)16-10-6-8(13(19)20)4-5-14-10/h2-6H,1H3,(H,15,17)(H,19,20)(H,14,16,18). The van der Waals surface area contributed by atoms with Crippen molar-refractivity contribution in [2.75, 3.05) is 10.6 Å². The van der Waals surface area contributed by atoms with Gasteiger partial charge in [0.15, 0.2) is 0 Å². The molecule has 3 N–H and O–H groups in total. The lowest BCUT2D eigenvalue weighted by Crippen LogP contribution is -2.12. The molecule has 0 spiro atoms. The number of nitrogens with zero attached hydrogens (tertiary/aromatic N) is 1. The van der Waals surface area contributed by atoms with E-state index in [2.05, 4.69) is 15.6 Å². The number of rotatable bonds is 4. The zero-order valence-corrected chi connectivity index (χ0v) is 11.7. The van der Waals surface area contributed by atoms with Crippen LogP contribution in [0.5, 0.6) is 0 Å². The van der Waals surface area contributed by atoms with Crippen molar-refractivity contribution in [1.29, 1.82) is 0 Å². The van der Waals surface area contributed by atoms with Gasteiger partial charge in [-0.05, 0) is 24.3 Å². The molecule has 0 fully saturated rings. The summed E-state index contributed by atoms with van der Waals surface area (Å²) in [7, 11) is 0. The number of carbonyl (C=O) groups excluding carboxylic acids is 2. The van der Waals surface area contributed by atoms with Gasteiger partial charge in [0.05, 0.1) is 15.4 Å². The fourth-order valence-electron chi connectivity index (χ4n) is 1.51. The molecule has 8 heteroatoms. The number of hydrogen-bond acceptors (Lipinski definition) is 5. The second kappa shape index (κ2) is 6.14. The summed E-state index contributed by atoms with van der Waals surface area (Å²) in [5.74, 6) is -1.60. The minimum atomic E-state index is -1.10. The number of thiophene rings is 1. The average molecular weight is 305 g/mol. The molecule has 7 nitrogen and oxygen atoms in total. The number of carboxylic acid groups (broad SMARTS) is 1. The third-order valence-electron chi connectivity index (χ3n) is 2.38. The van der Waals surface area contributed by atoms with Crippen LogP contribution in [-0.2, 0) is 4.79 Å². The number of anilines is 2. The fourth-order valence-corrected chi connectivity index (χ4v) is 2.36. The summed E-state index contributed by atoms with van der Waals surface area (Å²) >= 11 is 1.11. The Hall–Kier alpha value is -2.74. The second-order valence-electron chi connectivity index (χ2n) is 4.03. The van der Waals surface area contributed by atoms with E-state index in [-0.39, 0.29) is 17.3 Å². The van der Waals surface area contributed by atoms with Crippen molar-refractivity contribution in [2.45, 2.75) is 6.92 Å². The number of aromatic carboxylic acids is 1. The van der Waals surface area contributed by atoms with Gasteiger partial charge in [0, 0.05) is 13.1 Å². The molecular weight excluding hydrogens is 294 g/mol. The van der Waals surface area contributed by atoms with E-state index in [0.717, 1.165) is 11.3 Å². The Kier molecular flexibility index (Phi) is 4.29. The van der Waals surface area contributed by atoms with Gasteiger partial charge < -0.3 is 15.7 Å². The third kappa shape index (κ3) is 3.86. The number of carboxylic acids is 1. The molecule has 0 unspecified atom stereocenters. The number of amides is 2. The third-order valence-corrected chi connectivity index (χ3v) is 3.38. The van der Waals surface area contributed by atoms with Crippen molar-refractivity contribution in [2.24, 2.45) is 0 Å². The first kappa shape index (κ1) is 14.7. The smallest absolute Gasteiger partial charge is 0.335 e. The number of pyridine rings is 1. The molecule has 2 aromatic rings. The minimum Gasteiger partial charge on any atom is -0.478 e. The van der Waals surface area contributed by atoms with E-state index in [1.54, 1.807) is 12.1 Å². The number of nitrogens with one attached hydrogen (secondary N) is 2. The van der Waals surface area contributed by atoms with Gasteiger partial charge in [0.2, 0.25) is 5.91 Å². The highest BCUT2D eigenvalue weighted by molar-refractivity contribution is 7.18. The molecular formula is C13H11N3O4S. The van der Waals surface area contributed by atoms with E-state index in [1.807, 2.05) is 0 Å². The molecule has 0 saturated carbocycles. The predicted molar refractivity (Wildman–Crippen MR) is 77.8 cm³/mol. The highest BCUT2D eigenvalue weighted by Crippen LogP contribution is 2.22. The van der Waals surface area contributed by atoms with Crippen molar-refractivity contribution in [3.8, 4) is 0 Å². The van der Waals surface area contributed by atoms with Crippen molar-refractivity contribution in [1.82, 2.24) is 4.98 Å². The topological polar surface area (TPSA) is 108 Å². The summed E-state index contributed by atoms with van der Waals surface area (Å²) in [4.78, 5) is 38.0. The molecule has 0 aliphatic heterocycles. The molecule has 21 heavy (non-hydrogen) atoms. The molecule has 0 aliphatic rings. The molecule has 2 aromatic heterocycles. The second-order valence-corrected chi connectivity index (χ2v) is 5.12. The largest absolute Gasteiger partial charge is 0.478 e. The van der Waals surface area contributed by atoms with Crippen LogP contribution in [0.2, 0.25) is 0 Å². The Balaban J connectivity index is 2.10. The van der Waals surface area contributed by atoms with Crippen LogP contribution in [0, 0.1) is 0 Å². The van der Waals surface area contributed by atoms with Crippen LogP contribution in [-0.4, -0.2) is 27.9 Å². The zero-order chi connectivity index (χ0) is 15.4. The monoisotopic (exact) mass is 305 g/mol. The van der Waals surface area contributed by atoms with Crippen molar-refractivity contribution >= 4 is 39.9 Å². The van der Waals surface area contributed by atoms with E-state index >= 15 is 0 Å². The van der Waals surface area contributed by atoms with Crippen LogP contribution < -0.4 is 10.6 Å². The number of carbonyl (C=O) groups is 3. The lowest BCUT2D eigenvalue weighted by molar-refractivity contribution is -0.114. The normalized spacial score (nSPS) is 9.95. The van der Waals surface area contributed by atoms with Crippen LogP contribution in [0.1, 0.15) is 27.0 Å². The highest BCUT2D eigenvalue weighted by Gasteiger charge is 2.12. The Morgan fingerprint density at radius 2 is 1.95 bits per heavy atom. The summed E-state index contributed by atoms with van der Waals surface area (Å²) in [5.41, 5.74) is 0.0328. The molecule has 2 amide bonds. The Morgan fingerprint density at radius 3 is 2.62 bits per heavy atom. The summed E-state index contributed by atoms with van der Waals surface area (Å²) in [6, 6.07) is 5.77. The molecule has 0 atom stereocenters. The maximum Gasteiger partial charge on any atom is 0.335 e. The Labute approximate surface area is 123 Å². The van der Waals surface area contributed by atoms with Gasteiger partial charge in [-0.25, -0.2) is 9.78 Å². The van der Waals surface area contributed by atoms with Crippen LogP contribution in [0.25, 0.3) is 0 Å². The Morgan fingerprint density at radius 1 is 1.19 bits per heavy atom. The maximum atomic E-state index is 12.0. The van der Waals surface area contributed by atoms with Gasteiger partial charge >= 0.3 is 5.97 Å². The first-order chi connectivity index (χ1) is 9.95. The van der Waals surface area contributed by atoms with Crippen LogP contribution in [0.4, 0.5) is 10.8 Å². The SMILES string of the molecule is CC(=O)Nc1ccc(C(=O)Nc2cc(C(=O)O)ccn2)s1. The molecule has 0 saturated heterocycles. The first-order valence-electron chi connectivity index (χ1n) is 5.84. The van der Waals surface area contributed by atoms with Crippen LogP contribution >= 0.6 is 11.3 Å². The van der Waals surface area contributed by atoms with Crippen LogP contribution in [0.3, 0.4) is 0 Å². The molecule has 0 bridgehead atoms. The van der Waals surface area contributed by atoms with E-state index in [4.69, 9.17) is 5.11 Å². The quantitative estimate of drug-likeness (QED) is 0.801. The summed E-state index contributed by atoms with van der Waals surface area (Å²) in [5, 5.41) is 14.5. The zero-order valence-electron chi connectivity index (χ0n) is 10.9. The molecule has 0 aromatic carbocycles. The van der Waals surface area contributed by atoms with Crippen molar-refractivity contribution < 1.29 is 19.5 Å². The lowest BCUT2D eigenvalue weighted by atomic mass is 10.2. The summed E-state index contributed by atoms with van der Waals surface area (Å²) in [6.45, 7) is 1.38. The first-order valence-corrected chi connectivity index (χ1v) is 6.65. The van der Waals surface area contributed by atoms with E-state index < -0.39 is 11.9 Å². The average Bonchev–Trinajstić information content (AvgIpc) is 2.86. The lowest BCUT2D eigenvalue weighted by Gasteiger charge is -2.03. The molecule has 2 rings (SSSR count). The van der Waals surface area contributed by atoms with Gasteiger partial charge in [-0.3, -0.25) is 9.59 Å². The summed E-state index contributed by atoms with van der Waals surface area (Å²) in [6.07, 6.45) is 1.30. The molecule has 0 radical (unpaired) electrons. The van der Waals surface area contributed by atoms with Gasteiger partial charge in [-0.1, -0.05) is 0 Å².